The van der Waals surface area contributed by atoms with E-state index in [9.17, 15) is 9.18 Å². The number of hydrogen-bond acceptors (Lipinski definition) is 2. The molecule has 5 heteroatoms. The van der Waals surface area contributed by atoms with Gasteiger partial charge in [0.1, 0.15) is 11.0 Å². The molecule has 3 rings (SSSR count). The molecule has 0 saturated heterocycles. The molecule has 0 fully saturated rings. The van der Waals surface area contributed by atoms with Crippen LogP contribution in [0.25, 0.3) is 22.0 Å². The fraction of sp³-hybridized carbons (Fsp3) is 0.0588. The van der Waals surface area contributed by atoms with E-state index in [1.807, 2.05) is 4.57 Å². The molecule has 1 aromatic carbocycles. The van der Waals surface area contributed by atoms with Gasteiger partial charge in [-0.3, -0.25) is 4.79 Å². The van der Waals surface area contributed by atoms with Gasteiger partial charge in [0.05, 0.1) is 10.9 Å². The van der Waals surface area contributed by atoms with E-state index in [1.54, 1.807) is 36.7 Å². The van der Waals surface area contributed by atoms with Gasteiger partial charge >= 0.3 is 0 Å². The maximum atomic E-state index is 13.1. The smallest absolute Gasteiger partial charge is 0.200 e. The van der Waals surface area contributed by atoms with Crippen LogP contribution in [0.1, 0.15) is 0 Å². The number of halogens is 2. The first-order chi connectivity index (χ1) is 10.6. The Bertz CT molecular complexity index is 916. The third-order valence-electron chi connectivity index (χ3n) is 3.43. The van der Waals surface area contributed by atoms with E-state index in [0.717, 1.165) is 0 Å². The number of rotatable bonds is 3. The first kappa shape index (κ1) is 14.5. The molecule has 0 aliphatic heterocycles. The molecule has 0 atom stereocenters. The van der Waals surface area contributed by atoms with Crippen molar-refractivity contribution in [1.29, 1.82) is 0 Å². The van der Waals surface area contributed by atoms with Gasteiger partial charge in [0.15, 0.2) is 5.43 Å². The summed E-state index contributed by atoms with van der Waals surface area (Å²) < 4.78 is 15.0. The van der Waals surface area contributed by atoms with Gasteiger partial charge in [-0.25, -0.2) is 9.37 Å². The van der Waals surface area contributed by atoms with Crippen molar-refractivity contribution in [2.24, 2.45) is 0 Å². The predicted octanol–water partition coefficient (Wildman–Crippen LogP) is 4.04. The molecule has 0 N–H and O–H groups in total. The summed E-state index contributed by atoms with van der Waals surface area (Å²) in [6.45, 7) is 4.24. The van der Waals surface area contributed by atoms with Crippen molar-refractivity contribution in [2.45, 2.75) is 6.54 Å². The van der Waals surface area contributed by atoms with Gasteiger partial charge in [-0.15, -0.1) is 6.58 Å². The summed E-state index contributed by atoms with van der Waals surface area (Å²) in [5.41, 5.74) is 1.55. The van der Waals surface area contributed by atoms with Gasteiger partial charge in [-0.2, -0.15) is 0 Å². The van der Waals surface area contributed by atoms with E-state index in [-0.39, 0.29) is 16.4 Å². The molecule has 2 heterocycles. The highest BCUT2D eigenvalue weighted by molar-refractivity contribution is 6.34. The average Bonchev–Trinajstić information content (AvgIpc) is 2.51. The lowest BCUT2D eigenvalue weighted by atomic mass is 10.0. The molecule has 0 radical (unpaired) electrons. The van der Waals surface area contributed by atoms with Gasteiger partial charge in [-0.05, 0) is 23.8 Å². The molecule has 0 spiro atoms. The summed E-state index contributed by atoms with van der Waals surface area (Å²) in [4.78, 5) is 16.7. The third-order valence-corrected chi connectivity index (χ3v) is 3.72. The van der Waals surface area contributed by atoms with Crippen LogP contribution in [0.4, 0.5) is 4.39 Å². The Morgan fingerprint density at radius 3 is 2.68 bits per heavy atom. The van der Waals surface area contributed by atoms with E-state index in [1.165, 1.54) is 12.1 Å². The van der Waals surface area contributed by atoms with Gasteiger partial charge in [0, 0.05) is 24.5 Å². The highest BCUT2D eigenvalue weighted by Crippen LogP contribution is 2.23. The highest BCUT2D eigenvalue weighted by Gasteiger charge is 2.13. The molecule has 3 nitrogen and oxygen atoms in total. The maximum Gasteiger partial charge on any atom is 0.200 e. The standard InChI is InChI=1S/C17H12ClFN2O/c1-2-9-21-10-13(11-3-5-12(19)6-4-11)16(22)15-14(21)7-8-20-17(15)18/h2-8,10H,1,9H2. The lowest BCUT2D eigenvalue weighted by Crippen LogP contribution is -2.12. The molecule has 0 aliphatic carbocycles. The minimum atomic E-state index is -0.351. The quantitative estimate of drug-likeness (QED) is 0.540. The Morgan fingerprint density at radius 1 is 1.27 bits per heavy atom. The number of aromatic nitrogens is 2. The molecular weight excluding hydrogens is 303 g/mol. The fourth-order valence-corrected chi connectivity index (χ4v) is 2.66. The second-order valence-electron chi connectivity index (χ2n) is 4.82. The zero-order valence-electron chi connectivity index (χ0n) is 11.6. The third kappa shape index (κ3) is 2.42. The molecule has 0 bridgehead atoms. The number of hydrogen-bond donors (Lipinski definition) is 0. The highest BCUT2D eigenvalue weighted by atomic mass is 35.5. The Balaban J connectivity index is 2.38. The van der Waals surface area contributed by atoms with Crippen molar-refractivity contribution in [3.8, 4) is 11.1 Å². The topological polar surface area (TPSA) is 34.9 Å². The summed E-state index contributed by atoms with van der Waals surface area (Å²) in [6.07, 6.45) is 5.02. The van der Waals surface area contributed by atoms with Crippen LogP contribution in [0.3, 0.4) is 0 Å². The van der Waals surface area contributed by atoms with Crippen LogP contribution in [0.15, 0.2) is 60.2 Å². The van der Waals surface area contributed by atoms with E-state index >= 15 is 0 Å². The molecule has 0 amide bonds. The first-order valence-corrected chi connectivity index (χ1v) is 7.04. The Kier molecular flexibility index (Phi) is 3.77. The molecule has 3 aromatic rings. The second-order valence-corrected chi connectivity index (χ2v) is 5.17. The zero-order valence-corrected chi connectivity index (χ0v) is 12.3. The van der Waals surface area contributed by atoms with E-state index in [0.29, 0.717) is 28.6 Å². The van der Waals surface area contributed by atoms with Gasteiger partial charge in [-0.1, -0.05) is 29.8 Å². The van der Waals surface area contributed by atoms with Crippen molar-refractivity contribution in [1.82, 2.24) is 9.55 Å². The summed E-state index contributed by atoms with van der Waals surface area (Å²) in [7, 11) is 0. The lowest BCUT2D eigenvalue weighted by Gasteiger charge is -2.12. The fourth-order valence-electron chi connectivity index (χ4n) is 2.42. The van der Waals surface area contributed by atoms with Crippen LogP contribution < -0.4 is 5.43 Å². The van der Waals surface area contributed by atoms with Crippen LogP contribution >= 0.6 is 11.6 Å². The Labute approximate surface area is 131 Å². The normalized spacial score (nSPS) is 10.8. The van der Waals surface area contributed by atoms with Crippen LogP contribution in [-0.2, 0) is 6.54 Å². The van der Waals surface area contributed by atoms with Crippen LogP contribution in [0.2, 0.25) is 5.15 Å². The summed E-state index contributed by atoms with van der Waals surface area (Å²) in [5, 5.41) is 0.511. The monoisotopic (exact) mass is 314 g/mol. The van der Waals surface area contributed by atoms with Crippen LogP contribution in [0, 0.1) is 5.82 Å². The van der Waals surface area contributed by atoms with Crippen molar-refractivity contribution in [2.75, 3.05) is 0 Å². The van der Waals surface area contributed by atoms with E-state index < -0.39 is 0 Å². The number of benzene rings is 1. The van der Waals surface area contributed by atoms with Crippen molar-refractivity contribution >= 4 is 22.5 Å². The SMILES string of the molecule is C=CCn1cc(-c2ccc(F)cc2)c(=O)c2c(Cl)nccc21. The maximum absolute atomic E-state index is 13.1. The Morgan fingerprint density at radius 2 is 2.00 bits per heavy atom. The number of allylic oxidation sites excluding steroid dienone is 1. The molecule has 0 unspecified atom stereocenters. The van der Waals surface area contributed by atoms with Crippen LogP contribution in [0.5, 0.6) is 0 Å². The van der Waals surface area contributed by atoms with Gasteiger partial charge < -0.3 is 4.57 Å². The number of pyridine rings is 2. The Hall–Kier alpha value is -2.46. The zero-order chi connectivity index (χ0) is 15.7. The van der Waals surface area contributed by atoms with E-state index in [2.05, 4.69) is 11.6 Å². The second kappa shape index (κ2) is 5.73. The van der Waals surface area contributed by atoms with Crippen molar-refractivity contribution < 1.29 is 4.39 Å². The van der Waals surface area contributed by atoms with Gasteiger partial charge in [0.25, 0.3) is 0 Å². The molecule has 0 aliphatic rings. The first-order valence-electron chi connectivity index (χ1n) is 6.66. The van der Waals surface area contributed by atoms with Crippen molar-refractivity contribution in [3.05, 3.63) is 76.6 Å². The largest absolute Gasteiger partial charge is 0.343 e. The van der Waals surface area contributed by atoms with Crippen LogP contribution in [-0.4, -0.2) is 9.55 Å². The molecule has 2 aromatic heterocycles. The molecule has 110 valence electrons. The predicted molar refractivity (Wildman–Crippen MR) is 86.6 cm³/mol. The summed E-state index contributed by atoms with van der Waals surface area (Å²) in [6, 6.07) is 7.52. The van der Waals surface area contributed by atoms with Gasteiger partial charge in [0.2, 0.25) is 0 Å². The average molecular weight is 315 g/mol. The van der Waals surface area contributed by atoms with E-state index in [4.69, 9.17) is 11.6 Å². The lowest BCUT2D eigenvalue weighted by molar-refractivity contribution is 0.628. The number of nitrogens with zero attached hydrogens (tertiary/aromatic N) is 2. The molecular formula is C17H12ClFN2O. The summed E-state index contributed by atoms with van der Waals surface area (Å²) in [5.74, 6) is -0.351. The minimum Gasteiger partial charge on any atom is -0.343 e. The minimum absolute atomic E-state index is 0.157. The molecule has 22 heavy (non-hydrogen) atoms. The number of fused-ring (bicyclic) bond motifs is 1. The summed E-state index contributed by atoms with van der Waals surface area (Å²) >= 11 is 6.11. The molecule has 0 saturated carbocycles. The van der Waals surface area contributed by atoms with Crippen molar-refractivity contribution in [3.63, 3.8) is 0 Å².